The molecule has 1 atom stereocenters. The molecule has 1 unspecified atom stereocenters. The van der Waals surface area contributed by atoms with E-state index in [1.54, 1.807) is 7.11 Å². The quantitative estimate of drug-likeness (QED) is 0.254. The molecule has 138 valence electrons. The maximum absolute atomic E-state index is 5.09. The van der Waals surface area contributed by atoms with E-state index in [2.05, 4.69) is 40.0 Å². The number of nitrogens with zero attached hydrogens (tertiary/aromatic N) is 2. The van der Waals surface area contributed by atoms with Crippen LogP contribution in [0.1, 0.15) is 37.1 Å². The van der Waals surface area contributed by atoms with Crippen LogP contribution in [0, 0.1) is 0 Å². The van der Waals surface area contributed by atoms with Gasteiger partial charge in [-0.15, -0.1) is 35.3 Å². The second kappa shape index (κ2) is 12.9. The van der Waals surface area contributed by atoms with Crippen LogP contribution in [-0.2, 0) is 4.74 Å². The fourth-order valence-electron chi connectivity index (χ4n) is 2.86. The molecule has 2 heterocycles. The summed E-state index contributed by atoms with van der Waals surface area (Å²) in [5, 5.41) is 8.89. The zero-order valence-electron chi connectivity index (χ0n) is 14.8. The Kier molecular flexibility index (Phi) is 11.7. The molecule has 0 radical (unpaired) electrons. The first-order valence-electron chi connectivity index (χ1n) is 8.63. The summed E-state index contributed by atoms with van der Waals surface area (Å²) in [5.41, 5.74) is 0. The summed E-state index contributed by atoms with van der Waals surface area (Å²) in [5.74, 6) is 0.907. The van der Waals surface area contributed by atoms with Gasteiger partial charge in [0.05, 0.1) is 12.6 Å². The molecule has 1 aromatic rings. The van der Waals surface area contributed by atoms with Gasteiger partial charge in [0.2, 0.25) is 0 Å². The Morgan fingerprint density at radius 3 is 2.79 bits per heavy atom. The van der Waals surface area contributed by atoms with Gasteiger partial charge in [-0.3, -0.25) is 9.89 Å². The number of guanidine groups is 1. The summed E-state index contributed by atoms with van der Waals surface area (Å²) >= 11 is 1.84. The van der Waals surface area contributed by atoms with Crippen molar-refractivity contribution in [3.63, 3.8) is 0 Å². The number of aliphatic imine (C=N–C) groups is 1. The van der Waals surface area contributed by atoms with Gasteiger partial charge in [-0.25, -0.2) is 0 Å². The number of hydrogen-bond acceptors (Lipinski definition) is 4. The Morgan fingerprint density at radius 1 is 1.38 bits per heavy atom. The SMILES string of the molecule is CCNC(=NCC(c1cccs1)N1CCCC1)NCCCOC.I. The zero-order valence-corrected chi connectivity index (χ0v) is 17.9. The number of thiophene rings is 1. The second-order valence-corrected chi connectivity index (χ2v) is 6.75. The highest BCUT2D eigenvalue weighted by Gasteiger charge is 2.24. The van der Waals surface area contributed by atoms with E-state index in [1.807, 2.05) is 11.3 Å². The van der Waals surface area contributed by atoms with E-state index in [0.717, 1.165) is 38.6 Å². The normalized spacial score (nSPS) is 16.7. The van der Waals surface area contributed by atoms with E-state index >= 15 is 0 Å². The summed E-state index contributed by atoms with van der Waals surface area (Å²) in [7, 11) is 1.74. The molecule has 0 aromatic carbocycles. The first-order chi connectivity index (χ1) is 11.3. The topological polar surface area (TPSA) is 48.9 Å². The molecule has 1 aliphatic heterocycles. The molecule has 1 aromatic heterocycles. The monoisotopic (exact) mass is 466 g/mol. The maximum atomic E-state index is 5.09. The highest BCUT2D eigenvalue weighted by atomic mass is 127. The van der Waals surface area contributed by atoms with Crippen LogP contribution in [0.5, 0.6) is 0 Å². The van der Waals surface area contributed by atoms with Gasteiger partial charge < -0.3 is 15.4 Å². The fraction of sp³-hybridized carbons (Fsp3) is 0.706. The predicted octanol–water partition coefficient (Wildman–Crippen LogP) is 3.09. The highest BCUT2D eigenvalue weighted by molar-refractivity contribution is 14.0. The molecule has 1 saturated heterocycles. The van der Waals surface area contributed by atoms with Gasteiger partial charge in [-0.1, -0.05) is 6.07 Å². The van der Waals surface area contributed by atoms with Crippen LogP contribution >= 0.6 is 35.3 Å². The van der Waals surface area contributed by atoms with Crippen LogP contribution in [0.3, 0.4) is 0 Å². The molecule has 1 fully saturated rings. The molecule has 0 saturated carbocycles. The minimum absolute atomic E-state index is 0. The molecule has 0 amide bonds. The van der Waals surface area contributed by atoms with Crippen LogP contribution in [0.4, 0.5) is 0 Å². The molecule has 24 heavy (non-hydrogen) atoms. The average Bonchev–Trinajstić information content (AvgIpc) is 3.25. The first-order valence-corrected chi connectivity index (χ1v) is 9.51. The summed E-state index contributed by atoms with van der Waals surface area (Å²) in [6, 6.07) is 4.79. The molecule has 5 nitrogen and oxygen atoms in total. The van der Waals surface area contributed by atoms with Crippen LogP contribution in [0.2, 0.25) is 0 Å². The molecule has 1 aliphatic rings. The van der Waals surface area contributed by atoms with Gasteiger partial charge in [-0.2, -0.15) is 0 Å². The fourth-order valence-corrected chi connectivity index (χ4v) is 3.71. The minimum atomic E-state index is 0. The van der Waals surface area contributed by atoms with Crippen molar-refractivity contribution in [1.82, 2.24) is 15.5 Å². The summed E-state index contributed by atoms with van der Waals surface area (Å²) in [6.07, 6.45) is 3.60. The third-order valence-corrected chi connectivity index (χ3v) is 5.01. The smallest absolute Gasteiger partial charge is 0.191 e. The number of methoxy groups -OCH3 is 1. The molecule has 0 aliphatic carbocycles. The van der Waals surface area contributed by atoms with Crippen LogP contribution in [-0.4, -0.2) is 57.3 Å². The maximum Gasteiger partial charge on any atom is 0.191 e. The third kappa shape index (κ3) is 7.25. The van der Waals surface area contributed by atoms with Crippen LogP contribution in [0.25, 0.3) is 0 Å². The Bertz CT molecular complexity index is 449. The van der Waals surface area contributed by atoms with Crippen molar-refractivity contribution < 1.29 is 4.74 Å². The van der Waals surface area contributed by atoms with Gasteiger partial charge in [0.25, 0.3) is 0 Å². The molecular formula is C17H31IN4OS. The first kappa shape index (κ1) is 21.7. The summed E-state index contributed by atoms with van der Waals surface area (Å²) in [6.45, 7) is 7.82. The average molecular weight is 466 g/mol. The highest BCUT2D eigenvalue weighted by Crippen LogP contribution is 2.28. The van der Waals surface area contributed by atoms with Crippen LogP contribution < -0.4 is 10.6 Å². The van der Waals surface area contributed by atoms with E-state index in [0.29, 0.717) is 6.04 Å². The zero-order chi connectivity index (χ0) is 16.3. The standard InChI is InChI=1S/C17H30N4OS.HI/c1-3-18-17(19-9-7-12-22-2)20-14-15(16-8-6-13-23-16)21-10-4-5-11-21;/h6,8,13,15H,3-5,7,9-12,14H2,1-2H3,(H2,18,19,20);1H. The molecule has 7 heteroatoms. The second-order valence-electron chi connectivity index (χ2n) is 5.77. The van der Waals surface area contributed by atoms with E-state index in [4.69, 9.17) is 9.73 Å². The number of ether oxygens (including phenoxy) is 1. The molecular weight excluding hydrogens is 435 g/mol. The Labute approximate surface area is 167 Å². The van der Waals surface area contributed by atoms with Crippen molar-refractivity contribution >= 4 is 41.3 Å². The van der Waals surface area contributed by atoms with Crippen LogP contribution in [0.15, 0.2) is 22.5 Å². The lowest BCUT2D eigenvalue weighted by Crippen LogP contribution is -2.39. The van der Waals surface area contributed by atoms with Gasteiger partial charge in [0.15, 0.2) is 5.96 Å². The van der Waals surface area contributed by atoms with Crippen molar-refractivity contribution in [1.29, 1.82) is 0 Å². The number of halogens is 1. The van der Waals surface area contributed by atoms with E-state index < -0.39 is 0 Å². The minimum Gasteiger partial charge on any atom is -0.385 e. The molecule has 0 spiro atoms. The third-order valence-electron chi connectivity index (χ3n) is 4.04. The summed E-state index contributed by atoms with van der Waals surface area (Å²) in [4.78, 5) is 8.83. The van der Waals surface area contributed by atoms with Crippen molar-refractivity contribution in [2.45, 2.75) is 32.2 Å². The van der Waals surface area contributed by atoms with Crippen molar-refractivity contribution in [3.05, 3.63) is 22.4 Å². The molecule has 2 rings (SSSR count). The Balaban J connectivity index is 0.00000288. The molecule has 0 bridgehead atoms. The van der Waals surface area contributed by atoms with Crippen molar-refractivity contribution in [2.24, 2.45) is 4.99 Å². The Morgan fingerprint density at radius 2 is 2.17 bits per heavy atom. The van der Waals surface area contributed by atoms with Gasteiger partial charge in [0.1, 0.15) is 0 Å². The van der Waals surface area contributed by atoms with Crippen molar-refractivity contribution in [3.8, 4) is 0 Å². The lowest BCUT2D eigenvalue weighted by Gasteiger charge is -2.25. The number of hydrogen-bond donors (Lipinski definition) is 2. The van der Waals surface area contributed by atoms with E-state index in [1.165, 1.54) is 30.8 Å². The van der Waals surface area contributed by atoms with E-state index in [9.17, 15) is 0 Å². The predicted molar refractivity (Wildman–Crippen MR) is 114 cm³/mol. The number of nitrogens with one attached hydrogen (secondary N) is 2. The van der Waals surface area contributed by atoms with E-state index in [-0.39, 0.29) is 24.0 Å². The number of rotatable bonds is 9. The number of likely N-dealkylation sites (tertiary alicyclic amines) is 1. The van der Waals surface area contributed by atoms with Gasteiger partial charge >= 0.3 is 0 Å². The lowest BCUT2D eigenvalue weighted by molar-refractivity contribution is 0.195. The van der Waals surface area contributed by atoms with Crippen molar-refractivity contribution in [2.75, 3.05) is 46.4 Å². The largest absolute Gasteiger partial charge is 0.385 e. The molecule has 2 N–H and O–H groups in total. The lowest BCUT2D eigenvalue weighted by atomic mass is 10.2. The van der Waals surface area contributed by atoms with Gasteiger partial charge in [0, 0.05) is 31.7 Å². The summed E-state index contributed by atoms with van der Waals surface area (Å²) < 4.78 is 5.09. The Hall–Kier alpha value is -0.380. The van der Waals surface area contributed by atoms with Gasteiger partial charge in [-0.05, 0) is 50.7 Å².